The molecule has 0 atom stereocenters. The largest absolute Gasteiger partial charge is 0.369 e. The van der Waals surface area contributed by atoms with Crippen LogP contribution in [0.2, 0.25) is 0 Å². The second-order valence-electron chi connectivity index (χ2n) is 4.51. The van der Waals surface area contributed by atoms with Crippen molar-refractivity contribution < 1.29 is 0 Å². The predicted octanol–water partition coefficient (Wildman–Crippen LogP) is 3.68. The summed E-state index contributed by atoms with van der Waals surface area (Å²) in [5.74, 6) is 1.70. The highest BCUT2D eigenvalue weighted by Crippen LogP contribution is 2.08. The third-order valence-electron chi connectivity index (χ3n) is 2.83. The van der Waals surface area contributed by atoms with Crippen LogP contribution < -0.4 is 10.6 Å². The summed E-state index contributed by atoms with van der Waals surface area (Å²) in [5, 5.41) is 6.48. The minimum Gasteiger partial charge on any atom is -0.369 e. The Labute approximate surface area is 111 Å². The molecule has 0 spiro atoms. The Balaban J connectivity index is 2.13. The van der Waals surface area contributed by atoms with Crippen LogP contribution >= 0.6 is 0 Å². The first-order chi connectivity index (χ1) is 8.86. The molecule has 2 N–H and O–H groups in total. The predicted molar refractivity (Wildman–Crippen MR) is 78.1 cm³/mol. The fourth-order valence-electron chi connectivity index (χ4n) is 1.84. The third-order valence-corrected chi connectivity index (χ3v) is 2.83. The van der Waals surface area contributed by atoms with Gasteiger partial charge in [-0.25, -0.2) is 4.98 Å². The number of anilines is 2. The van der Waals surface area contributed by atoms with E-state index < -0.39 is 0 Å². The van der Waals surface area contributed by atoms with Crippen LogP contribution in [0.5, 0.6) is 0 Å². The molecule has 0 aliphatic heterocycles. The standard InChI is InChI=1S/C14H26N4/c1-3-5-6-7-8-9-10-17-14-12-15-11-13(18-14)16-4-2/h11-12H,3-10H2,1-2H3,(H2,16,17,18). The number of aromatic nitrogens is 2. The zero-order valence-electron chi connectivity index (χ0n) is 11.7. The van der Waals surface area contributed by atoms with E-state index in [-0.39, 0.29) is 0 Å². The number of nitrogens with zero attached hydrogens (tertiary/aromatic N) is 2. The SMILES string of the molecule is CCCCCCCCNc1cncc(NCC)n1. The molecule has 0 aliphatic carbocycles. The lowest BCUT2D eigenvalue weighted by Gasteiger charge is -2.07. The molecule has 0 unspecified atom stereocenters. The van der Waals surface area contributed by atoms with Gasteiger partial charge in [-0.1, -0.05) is 39.0 Å². The smallest absolute Gasteiger partial charge is 0.146 e. The van der Waals surface area contributed by atoms with E-state index in [1.54, 1.807) is 12.4 Å². The molecule has 0 saturated heterocycles. The highest BCUT2D eigenvalue weighted by Gasteiger charge is 1.97. The quantitative estimate of drug-likeness (QED) is 0.622. The first-order valence-electron chi connectivity index (χ1n) is 7.16. The molecule has 1 rings (SSSR count). The van der Waals surface area contributed by atoms with Crippen LogP contribution in [0.1, 0.15) is 52.4 Å². The van der Waals surface area contributed by atoms with Crippen LogP contribution in [0, 0.1) is 0 Å². The molecule has 0 amide bonds. The summed E-state index contributed by atoms with van der Waals surface area (Å²) < 4.78 is 0. The number of unbranched alkanes of at least 4 members (excludes halogenated alkanes) is 5. The molecule has 0 radical (unpaired) electrons. The maximum absolute atomic E-state index is 4.42. The fraction of sp³-hybridized carbons (Fsp3) is 0.714. The van der Waals surface area contributed by atoms with E-state index in [9.17, 15) is 0 Å². The van der Waals surface area contributed by atoms with E-state index in [2.05, 4.69) is 34.4 Å². The van der Waals surface area contributed by atoms with Crippen molar-refractivity contribution in [1.82, 2.24) is 9.97 Å². The highest BCUT2D eigenvalue weighted by molar-refractivity contribution is 5.41. The van der Waals surface area contributed by atoms with Gasteiger partial charge in [-0.2, -0.15) is 0 Å². The summed E-state index contributed by atoms with van der Waals surface area (Å²) in [6.07, 6.45) is 11.4. The Kier molecular flexibility index (Phi) is 7.93. The van der Waals surface area contributed by atoms with Gasteiger partial charge in [-0.3, -0.25) is 4.98 Å². The van der Waals surface area contributed by atoms with Crippen molar-refractivity contribution in [2.75, 3.05) is 23.7 Å². The summed E-state index contributed by atoms with van der Waals surface area (Å²) in [6, 6.07) is 0. The zero-order valence-corrected chi connectivity index (χ0v) is 11.7. The van der Waals surface area contributed by atoms with E-state index in [1.807, 2.05) is 0 Å². The summed E-state index contributed by atoms with van der Waals surface area (Å²) in [5.41, 5.74) is 0. The van der Waals surface area contributed by atoms with Crippen molar-refractivity contribution in [3.63, 3.8) is 0 Å². The normalized spacial score (nSPS) is 10.3. The van der Waals surface area contributed by atoms with E-state index >= 15 is 0 Å². The monoisotopic (exact) mass is 250 g/mol. The lowest BCUT2D eigenvalue weighted by Crippen LogP contribution is -2.06. The van der Waals surface area contributed by atoms with Crippen LogP contribution in [0.3, 0.4) is 0 Å². The van der Waals surface area contributed by atoms with Gasteiger partial charge in [0.05, 0.1) is 12.4 Å². The molecular formula is C14H26N4. The fourth-order valence-corrected chi connectivity index (χ4v) is 1.84. The third kappa shape index (κ3) is 6.42. The minimum absolute atomic E-state index is 0.838. The van der Waals surface area contributed by atoms with Gasteiger partial charge in [-0.05, 0) is 13.3 Å². The first-order valence-corrected chi connectivity index (χ1v) is 7.16. The van der Waals surface area contributed by atoms with Crippen LogP contribution in [0.4, 0.5) is 11.6 Å². The second-order valence-corrected chi connectivity index (χ2v) is 4.51. The maximum atomic E-state index is 4.42. The summed E-state index contributed by atoms with van der Waals surface area (Å²) in [7, 11) is 0. The summed E-state index contributed by atoms with van der Waals surface area (Å²) in [6.45, 7) is 6.15. The molecular weight excluding hydrogens is 224 g/mol. The van der Waals surface area contributed by atoms with Crippen molar-refractivity contribution in [1.29, 1.82) is 0 Å². The molecule has 0 aromatic carbocycles. The van der Waals surface area contributed by atoms with E-state index in [1.165, 1.54) is 38.5 Å². The summed E-state index contributed by atoms with van der Waals surface area (Å²) >= 11 is 0. The number of nitrogens with one attached hydrogen (secondary N) is 2. The van der Waals surface area contributed by atoms with Crippen molar-refractivity contribution in [2.24, 2.45) is 0 Å². The zero-order chi connectivity index (χ0) is 13.1. The molecule has 4 heteroatoms. The van der Waals surface area contributed by atoms with Gasteiger partial charge in [0.1, 0.15) is 11.6 Å². The Hall–Kier alpha value is -1.32. The van der Waals surface area contributed by atoms with E-state index in [0.717, 1.165) is 24.7 Å². The average molecular weight is 250 g/mol. The van der Waals surface area contributed by atoms with Gasteiger partial charge < -0.3 is 10.6 Å². The van der Waals surface area contributed by atoms with Gasteiger partial charge in [-0.15, -0.1) is 0 Å². The van der Waals surface area contributed by atoms with Gasteiger partial charge >= 0.3 is 0 Å². The Morgan fingerprint density at radius 3 is 2.28 bits per heavy atom. The lowest BCUT2D eigenvalue weighted by atomic mass is 10.1. The van der Waals surface area contributed by atoms with Gasteiger partial charge in [0.25, 0.3) is 0 Å². The minimum atomic E-state index is 0.838. The topological polar surface area (TPSA) is 49.8 Å². The Morgan fingerprint density at radius 1 is 0.889 bits per heavy atom. The maximum Gasteiger partial charge on any atom is 0.146 e. The molecule has 102 valence electrons. The van der Waals surface area contributed by atoms with Crippen LogP contribution in [-0.2, 0) is 0 Å². The molecule has 1 aromatic heterocycles. The number of hydrogen-bond donors (Lipinski definition) is 2. The molecule has 0 fully saturated rings. The number of rotatable bonds is 10. The van der Waals surface area contributed by atoms with E-state index in [4.69, 9.17) is 0 Å². The van der Waals surface area contributed by atoms with Crippen molar-refractivity contribution in [3.05, 3.63) is 12.4 Å². The van der Waals surface area contributed by atoms with Crippen molar-refractivity contribution in [2.45, 2.75) is 52.4 Å². The molecule has 1 aromatic rings. The highest BCUT2D eigenvalue weighted by atomic mass is 15.1. The average Bonchev–Trinajstić information content (AvgIpc) is 2.39. The lowest BCUT2D eigenvalue weighted by molar-refractivity contribution is 0.617. The molecule has 0 aliphatic rings. The Bertz CT molecular complexity index is 314. The first kappa shape index (κ1) is 14.7. The van der Waals surface area contributed by atoms with Crippen molar-refractivity contribution in [3.8, 4) is 0 Å². The summed E-state index contributed by atoms with van der Waals surface area (Å²) in [4.78, 5) is 8.58. The van der Waals surface area contributed by atoms with Gasteiger partial charge in [0.2, 0.25) is 0 Å². The van der Waals surface area contributed by atoms with Crippen LogP contribution in [-0.4, -0.2) is 23.1 Å². The molecule has 0 bridgehead atoms. The number of hydrogen-bond acceptors (Lipinski definition) is 4. The van der Waals surface area contributed by atoms with Crippen LogP contribution in [0.15, 0.2) is 12.4 Å². The van der Waals surface area contributed by atoms with Gasteiger partial charge in [0, 0.05) is 13.1 Å². The molecule has 4 nitrogen and oxygen atoms in total. The van der Waals surface area contributed by atoms with Crippen LogP contribution in [0.25, 0.3) is 0 Å². The second kappa shape index (κ2) is 9.68. The molecule has 0 saturated carbocycles. The molecule has 1 heterocycles. The Morgan fingerprint density at radius 2 is 1.56 bits per heavy atom. The molecule has 18 heavy (non-hydrogen) atoms. The van der Waals surface area contributed by atoms with Crippen molar-refractivity contribution >= 4 is 11.6 Å². The van der Waals surface area contributed by atoms with Gasteiger partial charge in [0.15, 0.2) is 0 Å². The van der Waals surface area contributed by atoms with E-state index in [0.29, 0.717) is 0 Å².